The van der Waals surface area contributed by atoms with E-state index in [1.54, 1.807) is 6.92 Å². The highest BCUT2D eigenvalue weighted by atomic mass is 32.1. The van der Waals surface area contributed by atoms with E-state index < -0.39 is 0 Å². The molecule has 0 saturated heterocycles. The van der Waals surface area contributed by atoms with Crippen LogP contribution in [0.15, 0.2) is 59.5 Å². The second-order valence-electron chi connectivity index (χ2n) is 3.76. The van der Waals surface area contributed by atoms with Crippen molar-refractivity contribution in [3.05, 3.63) is 65.7 Å². The van der Waals surface area contributed by atoms with E-state index in [1.807, 2.05) is 61.5 Å². The van der Waals surface area contributed by atoms with Gasteiger partial charge in [-0.05, 0) is 32.0 Å². The zero-order chi connectivity index (χ0) is 12.7. The maximum Gasteiger partial charge on any atom is 0.159 e. The predicted octanol–water partition coefficient (Wildman–Crippen LogP) is 4.17. The Balaban J connectivity index is 0.000000181. The second-order valence-corrected chi connectivity index (χ2v) is 4.28. The number of hydrogen-bond acceptors (Lipinski definition) is 2. The molecule has 0 aromatic heterocycles. The molecule has 0 heterocycles. The molecule has 2 aromatic rings. The summed E-state index contributed by atoms with van der Waals surface area (Å²) >= 11 is 4.08. The number of Topliss-reactive ketones (excluding diaryl/α,β-unsaturated/α-hetero) is 1. The minimum atomic E-state index is 0.128. The average Bonchev–Trinajstić information content (AvgIpc) is 2.31. The zero-order valence-electron chi connectivity index (χ0n) is 10.1. The molecule has 0 spiro atoms. The topological polar surface area (TPSA) is 17.1 Å². The SMILES string of the molecule is CC(=O)c1cccc(C)c1.Sc1ccccc1. The van der Waals surface area contributed by atoms with Gasteiger partial charge in [-0.1, -0.05) is 42.0 Å². The van der Waals surface area contributed by atoms with Crippen molar-refractivity contribution in [2.75, 3.05) is 0 Å². The van der Waals surface area contributed by atoms with Crippen LogP contribution in [0.25, 0.3) is 0 Å². The Morgan fingerprint density at radius 3 is 2.00 bits per heavy atom. The van der Waals surface area contributed by atoms with Gasteiger partial charge >= 0.3 is 0 Å². The Morgan fingerprint density at radius 1 is 1.00 bits per heavy atom. The molecule has 0 bridgehead atoms. The largest absolute Gasteiger partial charge is 0.295 e. The number of ketones is 1. The first-order valence-electron chi connectivity index (χ1n) is 5.41. The maximum atomic E-state index is 10.8. The molecule has 2 aromatic carbocycles. The molecule has 1 nitrogen and oxygen atoms in total. The number of hydrogen-bond donors (Lipinski definition) is 1. The standard InChI is InChI=1S/C9H10O.C6H6S/c1-7-4-3-5-9(6-7)8(2)10;7-6-4-2-1-3-5-6/h3-6H,1-2H3;1-5,7H. The molecule has 0 N–H and O–H groups in total. The van der Waals surface area contributed by atoms with Gasteiger partial charge in [-0.25, -0.2) is 0 Å². The summed E-state index contributed by atoms with van der Waals surface area (Å²) in [4.78, 5) is 11.8. The Bertz CT molecular complexity index is 477. The zero-order valence-corrected chi connectivity index (χ0v) is 10.9. The van der Waals surface area contributed by atoms with E-state index in [-0.39, 0.29) is 5.78 Å². The summed E-state index contributed by atoms with van der Waals surface area (Å²) in [5.41, 5.74) is 1.92. The minimum Gasteiger partial charge on any atom is -0.295 e. The van der Waals surface area contributed by atoms with Crippen molar-refractivity contribution >= 4 is 18.4 Å². The van der Waals surface area contributed by atoms with Gasteiger partial charge in [0.1, 0.15) is 0 Å². The Morgan fingerprint density at radius 2 is 1.65 bits per heavy atom. The van der Waals surface area contributed by atoms with Crippen LogP contribution in [-0.2, 0) is 0 Å². The van der Waals surface area contributed by atoms with Crippen LogP contribution in [0.4, 0.5) is 0 Å². The summed E-state index contributed by atoms with van der Waals surface area (Å²) in [5.74, 6) is 0.128. The van der Waals surface area contributed by atoms with Crippen LogP contribution in [-0.4, -0.2) is 5.78 Å². The summed E-state index contributed by atoms with van der Waals surface area (Å²) in [6.07, 6.45) is 0. The first-order chi connectivity index (χ1) is 8.09. The van der Waals surface area contributed by atoms with Gasteiger partial charge in [0.2, 0.25) is 0 Å². The van der Waals surface area contributed by atoms with Crippen LogP contribution in [0.2, 0.25) is 0 Å². The van der Waals surface area contributed by atoms with Gasteiger partial charge in [0.05, 0.1) is 0 Å². The molecule has 88 valence electrons. The third kappa shape index (κ3) is 5.36. The van der Waals surface area contributed by atoms with E-state index in [0.29, 0.717) is 0 Å². The maximum absolute atomic E-state index is 10.8. The van der Waals surface area contributed by atoms with Crippen molar-refractivity contribution < 1.29 is 4.79 Å². The smallest absolute Gasteiger partial charge is 0.159 e. The average molecular weight is 244 g/mol. The van der Waals surface area contributed by atoms with Crippen LogP contribution in [0.5, 0.6) is 0 Å². The van der Waals surface area contributed by atoms with Gasteiger partial charge in [-0.3, -0.25) is 4.79 Å². The van der Waals surface area contributed by atoms with Crippen LogP contribution < -0.4 is 0 Å². The molecule has 0 aliphatic heterocycles. The molecule has 17 heavy (non-hydrogen) atoms. The van der Waals surface area contributed by atoms with E-state index in [2.05, 4.69) is 12.6 Å². The van der Waals surface area contributed by atoms with Crippen molar-refractivity contribution in [2.45, 2.75) is 18.7 Å². The molecule has 0 atom stereocenters. The van der Waals surface area contributed by atoms with Gasteiger partial charge in [-0.15, -0.1) is 12.6 Å². The van der Waals surface area contributed by atoms with Crippen LogP contribution >= 0.6 is 12.6 Å². The summed E-state index contributed by atoms with van der Waals surface area (Å²) in [6.45, 7) is 3.56. The van der Waals surface area contributed by atoms with Gasteiger partial charge in [-0.2, -0.15) is 0 Å². The molecule has 0 aliphatic rings. The molecule has 0 unspecified atom stereocenters. The Labute approximate surface area is 108 Å². The fourth-order valence-electron chi connectivity index (χ4n) is 1.29. The van der Waals surface area contributed by atoms with Gasteiger partial charge < -0.3 is 0 Å². The molecular weight excluding hydrogens is 228 g/mol. The molecule has 0 radical (unpaired) electrons. The number of thiol groups is 1. The normalized spacial score (nSPS) is 9.12. The molecule has 0 aliphatic carbocycles. The molecule has 0 fully saturated rings. The van der Waals surface area contributed by atoms with Crippen molar-refractivity contribution in [3.63, 3.8) is 0 Å². The first kappa shape index (κ1) is 13.5. The lowest BCUT2D eigenvalue weighted by molar-refractivity contribution is 0.101. The summed E-state index contributed by atoms with van der Waals surface area (Å²) in [6, 6.07) is 17.4. The second kappa shape index (κ2) is 6.92. The molecule has 2 heteroatoms. The lowest BCUT2D eigenvalue weighted by Gasteiger charge is -1.94. The number of benzene rings is 2. The van der Waals surface area contributed by atoms with E-state index >= 15 is 0 Å². The van der Waals surface area contributed by atoms with E-state index in [9.17, 15) is 4.79 Å². The summed E-state index contributed by atoms with van der Waals surface area (Å²) in [7, 11) is 0. The highest BCUT2D eigenvalue weighted by Crippen LogP contribution is 2.03. The minimum absolute atomic E-state index is 0.128. The lowest BCUT2D eigenvalue weighted by Crippen LogP contribution is -1.90. The fraction of sp³-hybridized carbons (Fsp3) is 0.133. The Kier molecular flexibility index (Phi) is 5.50. The number of aryl methyl sites for hydroxylation is 1. The number of rotatable bonds is 1. The van der Waals surface area contributed by atoms with E-state index in [1.165, 1.54) is 0 Å². The van der Waals surface area contributed by atoms with Gasteiger partial charge in [0.15, 0.2) is 5.78 Å². The third-order valence-corrected chi connectivity index (χ3v) is 2.48. The van der Waals surface area contributed by atoms with Crippen molar-refractivity contribution in [3.8, 4) is 0 Å². The quantitative estimate of drug-likeness (QED) is 0.588. The number of carbonyl (C=O) groups excluding carboxylic acids is 1. The van der Waals surface area contributed by atoms with Crippen molar-refractivity contribution in [1.29, 1.82) is 0 Å². The van der Waals surface area contributed by atoms with Gasteiger partial charge in [0, 0.05) is 10.5 Å². The molecule has 0 amide bonds. The predicted molar refractivity (Wildman–Crippen MR) is 74.9 cm³/mol. The lowest BCUT2D eigenvalue weighted by atomic mass is 10.1. The first-order valence-corrected chi connectivity index (χ1v) is 5.86. The monoisotopic (exact) mass is 244 g/mol. The Hall–Kier alpha value is -1.54. The summed E-state index contributed by atoms with van der Waals surface area (Å²) in [5, 5.41) is 0. The highest BCUT2D eigenvalue weighted by Gasteiger charge is 1.95. The summed E-state index contributed by atoms with van der Waals surface area (Å²) < 4.78 is 0. The van der Waals surface area contributed by atoms with Gasteiger partial charge in [0.25, 0.3) is 0 Å². The molecule has 0 saturated carbocycles. The van der Waals surface area contributed by atoms with Crippen LogP contribution in [0.3, 0.4) is 0 Å². The number of carbonyl (C=O) groups is 1. The van der Waals surface area contributed by atoms with Crippen LogP contribution in [0.1, 0.15) is 22.8 Å². The van der Waals surface area contributed by atoms with Crippen LogP contribution in [0, 0.1) is 6.92 Å². The van der Waals surface area contributed by atoms with Crippen molar-refractivity contribution in [1.82, 2.24) is 0 Å². The molecule has 2 rings (SSSR count). The fourth-order valence-corrected chi connectivity index (χ4v) is 1.46. The molecular formula is C15H16OS. The van der Waals surface area contributed by atoms with E-state index in [4.69, 9.17) is 0 Å². The van der Waals surface area contributed by atoms with Crippen molar-refractivity contribution in [2.24, 2.45) is 0 Å². The van der Waals surface area contributed by atoms with E-state index in [0.717, 1.165) is 16.0 Å². The third-order valence-electron chi connectivity index (χ3n) is 2.18. The highest BCUT2D eigenvalue weighted by molar-refractivity contribution is 7.80.